The standard InChI is InChI=1S/C20H34/c1-4-7-8-9-10-14-17-20(18(5-2)6-3)19-15-12-11-13-16-19/h11-13,15-16,18,20H,4-10,14,17H2,1-3H3. The minimum Gasteiger partial charge on any atom is -0.0654 e. The first-order chi connectivity index (χ1) is 9.83. The molecule has 0 radical (unpaired) electrons. The van der Waals surface area contributed by atoms with Crippen molar-refractivity contribution in [1.29, 1.82) is 0 Å². The van der Waals surface area contributed by atoms with Gasteiger partial charge in [0, 0.05) is 0 Å². The molecule has 0 nitrogen and oxygen atoms in total. The predicted octanol–water partition coefficient (Wildman–Crippen LogP) is 6.96. The van der Waals surface area contributed by atoms with Crippen LogP contribution in [0.4, 0.5) is 0 Å². The van der Waals surface area contributed by atoms with E-state index in [0.717, 1.165) is 11.8 Å². The molecule has 0 heteroatoms. The minimum atomic E-state index is 0.775. The van der Waals surface area contributed by atoms with Crippen LogP contribution in [0, 0.1) is 5.92 Å². The van der Waals surface area contributed by atoms with Gasteiger partial charge in [-0.15, -0.1) is 0 Å². The molecule has 1 aromatic rings. The quantitative estimate of drug-likeness (QED) is 0.383. The highest BCUT2D eigenvalue weighted by atomic mass is 14.2. The van der Waals surface area contributed by atoms with Crippen molar-refractivity contribution in [3.63, 3.8) is 0 Å². The zero-order valence-electron chi connectivity index (χ0n) is 13.9. The predicted molar refractivity (Wildman–Crippen MR) is 91.2 cm³/mol. The van der Waals surface area contributed by atoms with E-state index < -0.39 is 0 Å². The summed E-state index contributed by atoms with van der Waals surface area (Å²) in [6.45, 7) is 7.00. The van der Waals surface area contributed by atoms with Gasteiger partial charge in [-0.3, -0.25) is 0 Å². The van der Waals surface area contributed by atoms with Crippen LogP contribution in [0.5, 0.6) is 0 Å². The fourth-order valence-corrected chi connectivity index (χ4v) is 3.38. The fourth-order valence-electron chi connectivity index (χ4n) is 3.38. The molecule has 0 aliphatic carbocycles. The largest absolute Gasteiger partial charge is 0.0654 e. The second-order valence-corrected chi connectivity index (χ2v) is 6.15. The first kappa shape index (κ1) is 17.3. The minimum absolute atomic E-state index is 0.775. The Morgan fingerprint density at radius 2 is 1.35 bits per heavy atom. The van der Waals surface area contributed by atoms with Crippen LogP contribution in [-0.4, -0.2) is 0 Å². The molecule has 0 aliphatic heterocycles. The highest BCUT2D eigenvalue weighted by molar-refractivity contribution is 5.20. The maximum absolute atomic E-state index is 2.35. The van der Waals surface area contributed by atoms with Gasteiger partial charge in [0.2, 0.25) is 0 Å². The van der Waals surface area contributed by atoms with Gasteiger partial charge in [-0.1, -0.05) is 102 Å². The Kier molecular flexibility index (Phi) is 9.45. The van der Waals surface area contributed by atoms with Crippen molar-refractivity contribution in [2.75, 3.05) is 0 Å². The number of benzene rings is 1. The summed E-state index contributed by atoms with van der Waals surface area (Å²) in [5.74, 6) is 1.63. The smallest absolute Gasteiger partial charge is 0.0134 e. The van der Waals surface area contributed by atoms with Gasteiger partial charge < -0.3 is 0 Å². The second-order valence-electron chi connectivity index (χ2n) is 6.15. The van der Waals surface area contributed by atoms with Gasteiger partial charge in [-0.25, -0.2) is 0 Å². The summed E-state index contributed by atoms with van der Waals surface area (Å²) in [6.07, 6.45) is 12.4. The lowest BCUT2D eigenvalue weighted by Crippen LogP contribution is -2.12. The van der Waals surface area contributed by atoms with Gasteiger partial charge in [0.05, 0.1) is 0 Å². The molecule has 0 bridgehead atoms. The second kappa shape index (κ2) is 10.9. The lowest BCUT2D eigenvalue weighted by atomic mass is 9.79. The molecule has 0 saturated carbocycles. The Balaban J connectivity index is 2.47. The first-order valence-electron chi connectivity index (χ1n) is 8.88. The third-order valence-electron chi connectivity index (χ3n) is 4.71. The number of hydrogen-bond acceptors (Lipinski definition) is 0. The molecule has 0 aromatic heterocycles. The van der Waals surface area contributed by atoms with E-state index in [1.165, 1.54) is 57.8 Å². The van der Waals surface area contributed by atoms with Crippen LogP contribution in [0.15, 0.2) is 30.3 Å². The summed E-state index contributed by atoms with van der Waals surface area (Å²) < 4.78 is 0. The van der Waals surface area contributed by atoms with Crippen LogP contribution in [0.2, 0.25) is 0 Å². The molecule has 0 fully saturated rings. The summed E-state index contributed by atoms with van der Waals surface area (Å²) in [5.41, 5.74) is 1.56. The topological polar surface area (TPSA) is 0 Å². The Bertz CT molecular complexity index is 310. The molecule has 0 aliphatic rings. The van der Waals surface area contributed by atoms with Crippen LogP contribution in [-0.2, 0) is 0 Å². The SMILES string of the molecule is CCCCCCCCC(c1ccccc1)C(CC)CC. The highest BCUT2D eigenvalue weighted by Gasteiger charge is 2.19. The van der Waals surface area contributed by atoms with Crippen molar-refractivity contribution >= 4 is 0 Å². The van der Waals surface area contributed by atoms with Gasteiger partial charge in [-0.2, -0.15) is 0 Å². The van der Waals surface area contributed by atoms with Crippen molar-refractivity contribution in [1.82, 2.24) is 0 Å². The molecular formula is C20H34. The number of rotatable bonds is 11. The van der Waals surface area contributed by atoms with Crippen LogP contribution >= 0.6 is 0 Å². The maximum Gasteiger partial charge on any atom is -0.0134 e. The van der Waals surface area contributed by atoms with Crippen LogP contribution in [0.1, 0.15) is 90.0 Å². The molecule has 1 rings (SSSR count). The summed E-state index contributed by atoms with van der Waals surface area (Å²) >= 11 is 0. The molecular weight excluding hydrogens is 240 g/mol. The lowest BCUT2D eigenvalue weighted by molar-refractivity contribution is 0.366. The summed E-state index contributed by atoms with van der Waals surface area (Å²) in [7, 11) is 0. The van der Waals surface area contributed by atoms with Crippen LogP contribution in [0.3, 0.4) is 0 Å². The Morgan fingerprint density at radius 3 is 1.95 bits per heavy atom. The van der Waals surface area contributed by atoms with E-state index in [0.29, 0.717) is 0 Å². The Labute approximate surface area is 127 Å². The van der Waals surface area contributed by atoms with E-state index >= 15 is 0 Å². The molecule has 1 aromatic carbocycles. The third kappa shape index (κ3) is 6.11. The zero-order chi connectivity index (χ0) is 14.6. The molecule has 1 atom stereocenters. The first-order valence-corrected chi connectivity index (χ1v) is 8.88. The van der Waals surface area contributed by atoms with Gasteiger partial charge in [0.1, 0.15) is 0 Å². The normalized spacial score (nSPS) is 12.8. The molecule has 0 spiro atoms. The average molecular weight is 274 g/mol. The third-order valence-corrected chi connectivity index (χ3v) is 4.71. The molecule has 0 heterocycles. The van der Waals surface area contributed by atoms with Crippen molar-refractivity contribution in [2.24, 2.45) is 5.92 Å². The van der Waals surface area contributed by atoms with Gasteiger partial charge >= 0.3 is 0 Å². The van der Waals surface area contributed by atoms with Crippen LogP contribution in [0.25, 0.3) is 0 Å². The van der Waals surface area contributed by atoms with Crippen molar-refractivity contribution in [3.05, 3.63) is 35.9 Å². The van der Waals surface area contributed by atoms with E-state index in [2.05, 4.69) is 51.1 Å². The van der Waals surface area contributed by atoms with E-state index in [9.17, 15) is 0 Å². The van der Waals surface area contributed by atoms with E-state index in [1.807, 2.05) is 0 Å². The molecule has 0 saturated heterocycles. The fraction of sp³-hybridized carbons (Fsp3) is 0.700. The van der Waals surface area contributed by atoms with Crippen molar-refractivity contribution in [2.45, 2.75) is 84.5 Å². The summed E-state index contributed by atoms with van der Waals surface area (Å²) in [5, 5.41) is 0. The molecule has 20 heavy (non-hydrogen) atoms. The van der Waals surface area contributed by atoms with Gasteiger partial charge in [0.15, 0.2) is 0 Å². The van der Waals surface area contributed by atoms with E-state index in [4.69, 9.17) is 0 Å². The summed E-state index contributed by atoms with van der Waals surface area (Å²) in [6, 6.07) is 11.2. The average Bonchev–Trinajstić information content (AvgIpc) is 2.50. The molecule has 0 N–H and O–H groups in total. The molecule has 0 amide bonds. The number of hydrogen-bond donors (Lipinski definition) is 0. The zero-order valence-corrected chi connectivity index (χ0v) is 13.9. The maximum atomic E-state index is 2.35. The Morgan fingerprint density at radius 1 is 0.750 bits per heavy atom. The summed E-state index contributed by atoms with van der Waals surface area (Å²) in [4.78, 5) is 0. The van der Waals surface area contributed by atoms with E-state index in [-0.39, 0.29) is 0 Å². The monoisotopic (exact) mass is 274 g/mol. The van der Waals surface area contributed by atoms with E-state index in [1.54, 1.807) is 5.56 Å². The lowest BCUT2D eigenvalue weighted by Gasteiger charge is -2.26. The molecule has 114 valence electrons. The van der Waals surface area contributed by atoms with Gasteiger partial charge in [-0.05, 0) is 23.8 Å². The Hall–Kier alpha value is -0.780. The van der Waals surface area contributed by atoms with Crippen LogP contribution < -0.4 is 0 Å². The van der Waals surface area contributed by atoms with Crippen molar-refractivity contribution in [3.8, 4) is 0 Å². The van der Waals surface area contributed by atoms with Crippen molar-refractivity contribution < 1.29 is 0 Å². The number of unbranched alkanes of at least 4 members (excludes halogenated alkanes) is 5. The van der Waals surface area contributed by atoms with Gasteiger partial charge in [0.25, 0.3) is 0 Å². The molecule has 1 unspecified atom stereocenters. The highest BCUT2D eigenvalue weighted by Crippen LogP contribution is 2.34.